The van der Waals surface area contributed by atoms with Gasteiger partial charge in [0, 0.05) is 0 Å². The number of rotatable bonds is 2. The summed E-state index contributed by atoms with van der Waals surface area (Å²) in [5, 5.41) is 19.6. The molecule has 2 aromatic heterocycles. The first-order valence-corrected chi connectivity index (χ1v) is 5.53. The molecule has 3 rings (SSSR count). The van der Waals surface area contributed by atoms with Crippen molar-refractivity contribution in [2.45, 2.75) is 24.5 Å². The van der Waals surface area contributed by atoms with Crippen molar-refractivity contribution in [3.8, 4) is 0 Å². The first kappa shape index (κ1) is 12.0. The van der Waals surface area contributed by atoms with Crippen LogP contribution in [0.5, 0.6) is 0 Å². The molecule has 0 radical (unpaired) electrons. The van der Waals surface area contributed by atoms with Crippen LogP contribution in [0.1, 0.15) is 6.23 Å². The van der Waals surface area contributed by atoms with Gasteiger partial charge in [-0.05, 0) is 0 Å². The average Bonchev–Trinajstić information content (AvgIpc) is 2.94. The number of carbonyl (C=O) groups is 1. The van der Waals surface area contributed by atoms with E-state index in [9.17, 15) is 15.0 Å². The summed E-state index contributed by atoms with van der Waals surface area (Å²) in [6.45, 7) is 0. The molecule has 4 N–H and O–H groups in total. The van der Waals surface area contributed by atoms with Gasteiger partial charge in [-0.15, -0.1) is 0 Å². The van der Waals surface area contributed by atoms with E-state index in [4.69, 9.17) is 10.5 Å². The minimum Gasteiger partial charge on any atom is -0.387 e. The van der Waals surface area contributed by atoms with Gasteiger partial charge in [-0.3, -0.25) is 4.57 Å². The molecule has 0 aromatic carbocycles. The van der Waals surface area contributed by atoms with E-state index in [1.807, 2.05) is 0 Å². The molecule has 1 aliphatic rings. The monoisotopic (exact) mass is 265 g/mol. The lowest BCUT2D eigenvalue weighted by Crippen LogP contribution is -2.32. The number of nitrogen functional groups attached to an aromatic ring is 1. The molecule has 0 saturated carbocycles. The third-order valence-electron chi connectivity index (χ3n) is 3.07. The van der Waals surface area contributed by atoms with E-state index in [0.717, 1.165) is 0 Å². The molecular formula is C10H11N5O4. The van der Waals surface area contributed by atoms with Gasteiger partial charge in [0.1, 0.15) is 30.2 Å². The largest absolute Gasteiger partial charge is 0.387 e. The number of ether oxygens (including phenoxy) is 1. The van der Waals surface area contributed by atoms with E-state index in [-0.39, 0.29) is 5.82 Å². The maximum absolute atomic E-state index is 10.7. The van der Waals surface area contributed by atoms with Crippen molar-refractivity contribution in [3.63, 3.8) is 0 Å². The highest BCUT2D eigenvalue weighted by molar-refractivity contribution is 5.81. The normalized spacial score (nSPS) is 30.8. The number of aliphatic hydroxyl groups excluding tert-OH is 2. The molecule has 9 heteroatoms. The standard InChI is InChI=1S/C10H11N5O4/c11-8-5-9(13-2-12-8)15(3-14-5)10-7(18)6(17)4(1-16)19-10/h1-4,6-7,10,17-18H,(H2,11,12,13)/t4-,6-,7+,10-/m1/s1. The number of fused-ring (bicyclic) bond motifs is 1. The number of carbonyl (C=O) groups excluding carboxylic acids is 1. The van der Waals surface area contributed by atoms with E-state index in [1.54, 1.807) is 0 Å². The van der Waals surface area contributed by atoms with Crippen molar-refractivity contribution >= 4 is 23.3 Å². The minimum absolute atomic E-state index is 0.198. The quantitative estimate of drug-likeness (QED) is 0.542. The molecule has 100 valence electrons. The van der Waals surface area contributed by atoms with Crippen LogP contribution in [0.15, 0.2) is 12.7 Å². The van der Waals surface area contributed by atoms with Crippen LogP contribution in [0.25, 0.3) is 11.2 Å². The average molecular weight is 265 g/mol. The van der Waals surface area contributed by atoms with Crippen molar-refractivity contribution in [1.29, 1.82) is 0 Å². The Bertz CT molecular complexity index is 629. The molecule has 0 aliphatic carbocycles. The number of aliphatic hydroxyl groups is 2. The Balaban J connectivity index is 2.06. The van der Waals surface area contributed by atoms with E-state index in [2.05, 4.69) is 15.0 Å². The summed E-state index contributed by atoms with van der Waals surface area (Å²) in [7, 11) is 0. The second-order valence-electron chi connectivity index (χ2n) is 4.19. The SMILES string of the molecule is Nc1ncnc2c1ncn2[C@@H]1O[C@H](C=O)[C@@H](O)[C@@H]1O. The van der Waals surface area contributed by atoms with Crippen molar-refractivity contribution in [2.75, 3.05) is 5.73 Å². The smallest absolute Gasteiger partial charge is 0.167 e. The summed E-state index contributed by atoms with van der Waals surface area (Å²) in [6.07, 6.45) is -1.53. The molecule has 2 aromatic rings. The third kappa shape index (κ3) is 1.67. The number of nitrogens with two attached hydrogens (primary N) is 1. The molecule has 9 nitrogen and oxygen atoms in total. The van der Waals surface area contributed by atoms with Gasteiger partial charge in [-0.1, -0.05) is 0 Å². The lowest BCUT2D eigenvalue weighted by Gasteiger charge is -2.16. The van der Waals surface area contributed by atoms with Crippen molar-refractivity contribution in [2.24, 2.45) is 0 Å². The van der Waals surface area contributed by atoms with Gasteiger partial charge in [0.05, 0.1) is 6.33 Å². The fourth-order valence-electron chi connectivity index (χ4n) is 2.08. The molecule has 19 heavy (non-hydrogen) atoms. The number of hydrogen-bond acceptors (Lipinski definition) is 8. The summed E-state index contributed by atoms with van der Waals surface area (Å²) < 4.78 is 6.69. The second-order valence-corrected chi connectivity index (χ2v) is 4.19. The Hall–Kier alpha value is -2.10. The van der Waals surface area contributed by atoms with E-state index in [1.165, 1.54) is 17.2 Å². The summed E-state index contributed by atoms with van der Waals surface area (Å²) in [5.74, 6) is 0.198. The first-order chi connectivity index (χ1) is 9.13. The molecule has 0 spiro atoms. The minimum atomic E-state index is -1.29. The first-order valence-electron chi connectivity index (χ1n) is 5.53. The topological polar surface area (TPSA) is 136 Å². The molecule has 0 amide bonds. The fourth-order valence-corrected chi connectivity index (χ4v) is 2.08. The second kappa shape index (κ2) is 4.23. The van der Waals surface area contributed by atoms with Gasteiger partial charge < -0.3 is 25.5 Å². The van der Waals surface area contributed by atoms with E-state index >= 15 is 0 Å². The number of aromatic nitrogens is 4. The molecular weight excluding hydrogens is 254 g/mol. The molecule has 3 heterocycles. The van der Waals surface area contributed by atoms with Crippen LogP contribution in [0.3, 0.4) is 0 Å². The molecule has 0 bridgehead atoms. The van der Waals surface area contributed by atoms with E-state index in [0.29, 0.717) is 17.5 Å². The number of aldehydes is 1. The number of nitrogens with zero attached hydrogens (tertiary/aromatic N) is 4. The molecule has 1 fully saturated rings. The fraction of sp³-hybridized carbons (Fsp3) is 0.400. The highest BCUT2D eigenvalue weighted by Gasteiger charge is 2.44. The summed E-state index contributed by atoms with van der Waals surface area (Å²) in [6, 6.07) is 0. The van der Waals surface area contributed by atoms with Gasteiger partial charge in [0.15, 0.2) is 24.0 Å². The number of imidazole rings is 1. The van der Waals surface area contributed by atoms with Gasteiger partial charge in [0.25, 0.3) is 0 Å². The van der Waals surface area contributed by atoms with Crippen molar-refractivity contribution < 1.29 is 19.7 Å². The third-order valence-corrected chi connectivity index (χ3v) is 3.07. The maximum Gasteiger partial charge on any atom is 0.167 e. The van der Waals surface area contributed by atoms with Crippen molar-refractivity contribution in [3.05, 3.63) is 12.7 Å². The summed E-state index contributed by atoms with van der Waals surface area (Å²) >= 11 is 0. The zero-order valence-corrected chi connectivity index (χ0v) is 9.62. The van der Waals surface area contributed by atoms with Crippen LogP contribution >= 0.6 is 0 Å². The highest BCUT2D eigenvalue weighted by atomic mass is 16.6. The van der Waals surface area contributed by atoms with Gasteiger partial charge in [-0.2, -0.15) is 0 Å². The lowest BCUT2D eigenvalue weighted by atomic mass is 10.1. The Kier molecular flexibility index (Phi) is 2.66. The van der Waals surface area contributed by atoms with Gasteiger partial charge >= 0.3 is 0 Å². The summed E-state index contributed by atoms with van der Waals surface area (Å²) in [5.41, 5.74) is 6.37. The van der Waals surface area contributed by atoms with Crippen LogP contribution < -0.4 is 5.73 Å². The van der Waals surface area contributed by atoms with E-state index < -0.39 is 24.5 Å². The molecule has 0 unspecified atom stereocenters. The molecule has 1 saturated heterocycles. The van der Waals surface area contributed by atoms with Gasteiger partial charge in [-0.25, -0.2) is 15.0 Å². The summed E-state index contributed by atoms with van der Waals surface area (Å²) in [4.78, 5) is 22.6. The van der Waals surface area contributed by atoms with Crippen LogP contribution in [-0.2, 0) is 9.53 Å². The Morgan fingerprint density at radius 2 is 2.11 bits per heavy atom. The Morgan fingerprint density at radius 1 is 1.32 bits per heavy atom. The van der Waals surface area contributed by atoms with Crippen LogP contribution in [-0.4, -0.2) is 54.3 Å². The predicted octanol–water partition coefficient (Wildman–Crippen LogP) is -1.77. The Morgan fingerprint density at radius 3 is 2.79 bits per heavy atom. The highest BCUT2D eigenvalue weighted by Crippen LogP contribution is 2.30. The van der Waals surface area contributed by atoms with Crippen LogP contribution in [0.2, 0.25) is 0 Å². The van der Waals surface area contributed by atoms with Crippen LogP contribution in [0.4, 0.5) is 5.82 Å². The number of anilines is 1. The lowest BCUT2D eigenvalue weighted by molar-refractivity contribution is -0.122. The van der Waals surface area contributed by atoms with Crippen LogP contribution in [0, 0.1) is 0 Å². The molecule has 4 atom stereocenters. The van der Waals surface area contributed by atoms with Gasteiger partial charge in [0.2, 0.25) is 0 Å². The van der Waals surface area contributed by atoms with Crippen molar-refractivity contribution in [1.82, 2.24) is 19.5 Å². The Labute approximate surface area is 106 Å². The zero-order valence-electron chi connectivity index (χ0n) is 9.62. The number of hydrogen-bond donors (Lipinski definition) is 3. The maximum atomic E-state index is 10.7. The molecule has 1 aliphatic heterocycles. The zero-order chi connectivity index (χ0) is 13.6. The predicted molar refractivity (Wildman–Crippen MR) is 61.7 cm³/mol.